The van der Waals surface area contributed by atoms with Crippen LogP contribution in [0.15, 0.2) is 150 Å². The Kier molecular flexibility index (Phi) is 39.9. The summed E-state index contributed by atoms with van der Waals surface area (Å²) in [7, 11) is -0.324. The highest BCUT2D eigenvalue weighted by Crippen LogP contribution is 2.27. The summed E-state index contributed by atoms with van der Waals surface area (Å²) in [5.41, 5.74) is 6.70. The monoisotopic (exact) mass is 1550 g/mol. The van der Waals surface area contributed by atoms with Crippen molar-refractivity contribution in [1.82, 2.24) is 4.90 Å². The number of carbonyl (C=O) groups excluding carboxylic acids is 11. The van der Waals surface area contributed by atoms with Gasteiger partial charge >= 0.3 is 6.03 Å². The van der Waals surface area contributed by atoms with Crippen molar-refractivity contribution < 1.29 is 74.7 Å². The van der Waals surface area contributed by atoms with Crippen LogP contribution in [0.25, 0.3) is 0 Å². The number of ketones is 8. The number of methoxy groups -OCH3 is 1. The lowest BCUT2D eigenvalue weighted by Gasteiger charge is -2.19. The van der Waals surface area contributed by atoms with Crippen LogP contribution in [0.4, 0.5) is 25.0 Å². The van der Waals surface area contributed by atoms with E-state index in [0.29, 0.717) is 62.9 Å². The van der Waals surface area contributed by atoms with Gasteiger partial charge in [-0.25, -0.2) is 22.0 Å². The van der Waals surface area contributed by atoms with Crippen LogP contribution in [0.2, 0.25) is 0 Å². The predicted molar refractivity (Wildman–Crippen MR) is 439 cm³/mol. The Morgan fingerprint density at radius 1 is 0.450 bits per heavy atom. The van der Waals surface area contributed by atoms with E-state index in [1.54, 1.807) is 55.5 Å². The van der Waals surface area contributed by atoms with Gasteiger partial charge in [0.1, 0.15) is 69.4 Å². The van der Waals surface area contributed by atoms with Crippen molar-refractivity contribution in [3.8, 4) is 5.75 Å². The summed E-state index contributed by atoms with van der Waals surface area (Å²) in [5, 5.41) is 0. The van der Waals surface area contributed by atoms with Gasteiger partial charge in [-0.05, 0) is 149 Å². The maximum atomic E-state index is 12.9. The van der Waals surface area contributed by atoms with E-state index >= 15 is 0 Å². The van der Waals surface area contributed by atoms with Crippen LogP contribution < -0.4 is 14.5 Å². The van der Waals surface area contributed by atoms with Crippen LogP contribution in [0, 0.1) is 65.4 Å². The lowest BCUT2D eigenvalue weighted by molar-refractivity contribution is -0.129. The van der Waals surface area contributed by atoms with E-state index in [1.807, 2.05) is 211 Å². The Labute approximate surface area is 660 Å². The molecule has 6 aromatic carbocycles. The van der Waals surface area contributed by atoms with Gasteiger partial charge in [0.2, 0.25) is 11.8 Å². The number of sulfone groups is 1. The fourth-order valence-electron chi connectivity index (χ4n) is 11.3. The summed E-state index contributed by atoms with van der Waals surface area (Å²) in [6.07, 6.45) is 3.03. The van der Waals surface area contributed by atoms with Crippen LogP contribution in [-0.2, 0) is 77.0 Å². The van der Waals surface area contributed by atoms with Gasteiger partial charge in [-0.3, -0.25) is 57.7 Å². The molecule has 0 aliphatic carbocycles. The molecule has 1 saturated heterocycles. The molecule has 1 aliphatic heterocycles. The molecule has 111 heavy (non-hydrogen) atoms. The lowest BCUT2D eigenvalue weighted by Crippen LogP contribution is -2.36. The van der Waals surface area contributed by atoms with E-state index in [-0.39, 0.29) is 159 Å². The van der Waals surface area contributed by atoms with Crippen molar-refractivity contribution in [2.24, 2.45) is 33.0 Å². The van der Waals surface area contributed by atoms with E-state index in [2.05, 4.69) is 0 Å². The number of benzene rings is 6. The number of anilines is 2. The Morgan fingerprint density at radius 2 is 0.856 bits per heavy atom. The Balaban J connectivity index is 0.000000452. The second-order valence-electron chi connectivity index (χ2n) is 35.1. The van der Waals surface area contributed by atoms with Crippen molar-refractivity contribution in [3.05, 3.63) is 191 Å². The van der Waals surface area contributed by atoms with Crippen LogP contribution in [0.5, 0.6) is 5.75 Å². The molecular weight excluding hydrogens is 1430 g/mol. The molecule has 1 aliphatic rings. The third-order valence-corrected chi connectivity index (χ3v) is 17.7. The Bertz CT molecular complexity index is 4200. The molecule has 0 saturated carbocycles. The van der Waals surface area contributed by atoms with E-state index in [1.165, 1.54) is 51.8 Å². The fourth-order valence-corrected chi connectivity index (χ4v) is 12.6. The molecule has 0 radical (unpaired) electrons. The van der Waals surface area contributed by atoms with Gasteiger partial charge in [-0.1, -0.05) is 202 Å². The first kappa shape index (κ1) is 97.8. The first-order valence-corrected chi connectivity index (χ1v) is 39.3. The first-order chi connectivity index (χ1) is 51.1. The van der Waals surface area contributed by atoms with Gasteiger partial charge in [0.05, 0.1) is 37.7 Å². The molecule has 20 heteroatoms. The third-order valence-electron chi connectivity index (χ3n) is 16.0. The van der Waals surface area contributed by atoms with Gasteiger partial charge < -0.3 is 9.64 Å². The fraction of sp³-hybridized carbons (Fsp3) is 0.484. The molecule has 4 amide bonds. The highest BCUT2D eigenvalue weighted by atomic mass is 32.2. The average molecular weight is 1550 g/mol. The molecule has 0 spiro atoms. The number of rotatable bonds is 27. The second-order valence-corrected chi connectivity index (χ2v) is 37.1. The summed E-state index contributed by atoms with van der Waals surface area (Å²) in [6, 6.07) is 40.9. The molecule has 0 N–H and O–H groups in total. The standard InChI is InChI=1S/C16H22O3.C16H22O2.C15H20FNO2.C15H19FO2.C15H20N2O2.C14H20O3S/c1-16(2,3)11-14(18)10-13(17)8-12-6-5-7-15(9-12)19-4;1-12-5-7-13(8-6-12)9-14(17)10-15(18)11-16(2,3)4;1-15(2,3)10-13(18)9-14(19)17(4)12-7-5-11(16)6-8-12;1-15(2,3)10-14(18)9-13(17)8-11-5-4-6-12(16)7-11;1-11(2)9-14(18)17-8-7-16(15(17)19)13-6-4-5-12(3)10-13;1-11-5-7-13(8-6-11)18(16,17)10-12(15)9-14(2,3)4/h5-7,9H,8,10-11H2,1-4H3;5-8H,9-11H2,1-4H3;5-8H,9-10H2,1-4H3;4-7H,8-10H2,1-3H3;4-6,10-11H,7-9H2,1-3H3;5-8H,9-10H2,1-4H3. The van der Waals surface area contributed by atoms with E-state index in [4.69, 9.17) is 4.74 Å². The lowest BCUT2D eigenvalue weighted by atomic mass is 9.88. The number of urea groups is 1. The number of nitrogens with zero attached hydrogens (tertiary/aromatic N) is 3. The summed E-state index contributed by atoms with van der Waals surface area (Å²) >= 11 is 0. The molecule has 0 aromatic heterocycles. The number of aryl methyl sites for hydroxylation is 3. The van der Waals surface area contributed by atoms with Crippen LogP contribution >= 0.6 is 0 Å². The number of ether oxygens (including phenoxy) is 1. The van der Waals surface area contributed by atoms with E-state index in [0.717, 1.165) is 33.7 Å². The predicted octanol–water partition coefficient (Wildman–Crippen LogP) is 18.8. The zero-order valence-corrected chi connectivity index (χ0v) is 70.8. The number of hydrogen-bond donors (Lipinski definition) is 0. The van der Waals surface area contributed by atoms with Crippen molar-refractivity contribution in [1.29, 1.82) is 0 Å². The summed E-state index contributed by atoms with van der Waals surface area (Å²) in [5.74, 6) is -0.970. The summed E-state index contributed by atoms with van der Waals surface area (Å²) < 4.78 is 54.9. The SMILES string of the molecule is CC(C)(C)CC(=O)CC(=O)Cc1cccc(F)c1.CN(C(=O)CC(=O)CC(C)(C)C)c1ccc(F)cc1.COc1cccc(CC(=O)CC(=O)CC(C)(C)C)c1.Cc1ccc(CC(=O)CC(=O)CC(C)(C)C)cc1.Cc1ccc(S(=O)(=O)CC(=O)CC(C)(C)C)cc1.Cc1cccc(N2CCN(C(=O)CC(C)C)C2=O)c1. The highest BCUT2D eigenvalue weighted by Gasteiger charge is 2.34. The number of halogens is 2. The number of Topliss-reactive ketones (excluding diaryl/α,β-unsaturated/α-hetero) is 8. The van der Waals surface area contributed by atoms with Crippen molar-refractivity contribution >= 4 is 85.3 Å². The molecule has 6 aromatic rings. The average Bonchev–Trinajstić information content (AvgIpc) is 1.74. The van der Waals surface area contributed by atoms with Crippen LogP contribution in [0.3, 0.4) is 0 Å². The van der Waals surface area contributed by atoms with Crippen molar-refractivity contribution in [3.63, 3.8) is 0 Å². The van der Waals surface area contributed by atoms with Gasteiger partial charge in [0.15, 0.2) is 9.84 Å². The topological polar surface area (TPSA) is 241 Å². The maximum absolute atomic E-state index is 12.9. The van der Waals surface area contributed by atoms with Crippen LogP contribution in [-0.4, -0.2) is 110 Å². The van der Waals surface area contributed by atoms with Gasteiger partial charge in [0, 0.05) is 89.3 Å². The molecule has 0 bridgehead atoms. The first-order valence-electron chi connectivity index (χ1n) is 37.7. The molecule has 1 fully saturated rings. The Hall–Kier alpha value is -9.30. The second kappa shape index (κ2) is 45.3. The number of carbonyl (C=O) groups is 11. The minimum atomic E-state index is -3.50. The quantitative estimate of drug-likeness (QED) is 0.0436. The van der Waals surface area contributed by atoms with E-state index < -0.39 is 15.6 Å². The molecular formula is C91H123F2N3O14S. The summed E-state index contributed by atoms with van der Waals surface area (Å²) in [6.45, 7) is 40.5. The number of hydrogen-bond acceptors (Lipinski definition) is 14. The molecule has 0 unspecified atom stereocenters. The molecule has 17 nitrogen and oxygen atoms in total. The molecule has 7 rings (SSSR count). The van der Waals surface area contributed by atoms with E-state index in [9.17, 15) is 69.9 Å². The zero-order chi connectivity index (χ0) is 84.6. The largest absolute Gasteiger partial charge is 0.497 e. The zero-order valence-electron chi connectivity index (χ0n) is 70.0. The van der Waals surface area contributed by atoms with Gasteiger partial charge in [-0.2, -0.15) is 0 Å². The minimum Gasteiger partial charge on any atom is -0.497 e. The van der Waals surface area contributed by atoms with Crippen LogP contribution in [0.1, 0.15) is 215 Å². The maximum Gasteiger partial charge on any atom is 0.331 e. The minimum absolute atomic E-state index is 0.00750. The summed E-state index contributed by atoms with van der Waals surface area (Å²) in [4.78, 5) is 135. The molecule has 1 heterocycles. The normalized spacial score (nSPS) is 12.2. The molecule has 606 valence electrons. The van der Waals surface area contributed by atoms with Crippen molar-refractivity contribution in [2.45, 2.75) is 227 Å². The van der Waals surface area contributed by atoms with Gasteiger partial charge in [-0.15, -0.1) is 0 Å². The Morgan fingerprint density at radius 3 is 1.28 bits per heavy atom. The van der Waals surface area contributed by atoms with Gasteiger partial charge in [0.25, 0.3) is 0 Å². The highest BCUT2D eigenvalue weighted by molar-refractivity contribution is 7.92. The number of imide groups is 1. The smallest absolute Gasteiger partial charge is 0.331 e. The molecule has 0 atom stereocenters. The number of amides is 4. The third kappa shape index (κ3) is 43.8. The van der Waals surface area contributed by atoms with Crippen molar-refractivity contribution in [2.75, 3.05) is 42.8 Å².